The topological polar surface area (TPSA) is 66.5 Å². The van der Waals surface area contributed by atoms with E-state index in [-0.39, 0.29) is 10.8 Å². The maximum absolute atomic E-state index is 12.2. The van der Waals surface area contributed by atoms with Crippen molar-refractivity contribution in [1.29, 1.82) is 0 Å². The highest BCUT2D eigenvalue weighted by atomic mass is 79.9. The summed E-state index contributed by atoms with van der Waals surface area (Å²) in [6.07, 6.45) is 3.13. The fourth-order valence-corrected chi connectivity index (χ4v) is 3.27. The van der Waals surface area contributed by atoms with Crippen LogP contribution in [0.25, 0.3) is 6.08 Å². The number of carbonyl (C=O) groups excluding carboxylic acids is 1. The lowest BCUT2D eigenvalue weighted by atomic mass is 10.2. The van der Waals surface area contributed by atoms with Gasteiger partial charge in [-0.15, -0.1) is 0 Å². The summed E-state index contributed by atoms with van der Waals surface area (Å²) >= 11 is 3.47. The zero-order valence-electron chi connectivity index (χ0n) is 13.9. The third-order valence-corrected chi connectivity index (χ3v) is 5.82. The van der Waals surface area contributed by atoms with Crippen LogP contribution >= 0.6 is 15.9 Å². The van der Waals surface area contributed by atoms with Gasteiger partial charge in [0.25, 0.3) is 0 Å². The fraction of sp³-hybridized carbons (Fsp3) is 0.167. The fourth-order valence-electron chi connectivity index (χ4n) is 2.13. The van der Waals surface area contributed by atoms with Crippen molar-refractivity contribution in [2.45, 2.75) is 11.4 Å². The average Bonchev–Trinajstić information content (AvgIpc) is 2.61. The number of sulfonamides is 1. The van der Waals surface area contributed by atoms with E-state index in [1.165, 1.54) is 25.3 Å². The summed E-state index contributed by atoms with van der Waals surface area (Å²) in [6, 6.07) is 14.1. The zero-order chi connectivity index (χ0) is 18.4. The molecule has 0 aliphatic rings. The molecule has 0 radical (unpaired) electrons. The Morgan fingerprint density at radius 2 is 1.80 bits per heavy atom. The number of rotatable bonds is 6. The summed E-state index contributed by atoms with van der Waals surface area (Å²) in [7, 11) is -0.357. The number of likely N-dealkylation sites (N-methyl/N-ethyl adjacent to an activating group) is 1. The van der Waals surface area contributed by atoms with Gasteiger partial charge in [-0.2, -0.15) is 0 Å². The van der Waals surface area contributed by atoms with E-state index >= 15 is 0 Å². The van der Waals surface area contributed by atoms with Gasteiger partial charge in [0.1, 0.15) is 0 Å². The van der Waals surface area contributed by atoms with E-state index in [1.807, 2.05) is 24.3 Å². The normalized spacial score (nSPS) is 11.6. The van der Waals surface area contributed by atoms with Crippen LogP contribution in [-0.2, 0) is 21.4 Å². The largest absolute Gasteiger partial charge is 0.338 e. The first-order valence-electron chi connectivity index (χ1n) is 7.53. The highest BCUT2D eigenvalue weighted by Crippen LogP contribution is 2.17. The molecule has 0 aliphatic carbocycles. The first-order chi connectivity index (χ1) is 11.8. The Labute approximate surface area is 156 Å². The molecule has 7 heteroatoms. The van der Waals surface area contributed by atoms with Crippen molar-refractivity contribution < 1.29 is 13.2 Å². The quantitative estimate of drug-likeness (QED) is 0.727. The van der Waals surface area contributed by atoms with E-state index in [9.17, 15) is 13.2 Å². The molecular formula is C18H19BrN2O3S. The Bertz CT molecular complexity index is 877. The minimum Gasteiger partial charge on any atom is -0.338 e. The summed E-state index contributed by atoms with van der Waals surface area (Å²) in [5, 5.41) is 0. The van der Waals surface area contributed by atoms with Gasteiger partial charge in [0.15, 0.2) is 0 Å². The molecule has 0 saturated carbocycles. The number of amides is 1. The van der Waals surface area contributed by atoms with Gasteiger partial charge in [0, 0.05) is 24.1 Å². The number of hydrogen-bond donors (Lipinski definition) is 1. The highest BCUT2D eigenvalue weighted by molar-refractivity contribution is 9.10. The van der Waals surface area contributed by atoms with Crippen LogP contribution in [0.1, 0.15) is 11.1 Å². The number of benzene rings is 2. The zero-order valence-corrected chi connectivity index (χ0v) is 16.3. The first kappa shape index (κ1) is 19.4. The second-order valence-corrected chi connectivity index (χ2v) is 8.14. The maximum atomic E-state index is 12.2. The van der Waals surface area contributed by atoms with E-state index in [0.29, 0.717) is 6.54 Å². The number of carbonyl (C=O) groups is 1. The smallest absolute Gasteiger partial charge is 0.246 e. The number of nitrogens with zero attached hydrogens (tertiary/aromatic N) is 1. The van der Waals surface area contributed by atoms with Crippen molar-refractivity contribution in [3.05, 3.63) is 70.2 Å². The van der Waals surface area contributed by atoms with Gasteiger partial charge in [0.2, 0.25) is 15.9 Å². The molecule has 0 saturated heterocycles. The highest BCUT2D eigenvalue weighted by Gasteiger charge is 2.10. The second kappa shape index (κ2) is 8.42. The second-order valence-electron chi connectivity index (χ2n) is 5.40. The Balaban J connectivity index is 2.03. The van der Waals surface area contributed by atoms with Gasteiger partial charge in [-0.3, -0.25) is 4.79 Å². The summed E-state index contributed by atoms with van der Waals surface area (Å²) < 4.78 is 26.6. The monoisotopic (exact) mass is 422 g/mol. The van der Waals surface area contributed by atoms with Crippen LogP contribution in [-0.4, -0.2) is 33.3 Å². The van der Waals surface area contributed by atoms with Gasteiger partial charge in [0.05, 0.1) is 4.90 Å². The number of nitrogens with one attached hydrogen (secondary N) is 1. The molecule has 2 aromatic rings. The van der Waals surface area contributed by atoms with E-state index in [1.54, 1.807) is 30.2 Å². The van der Waals surface area contributed by atoms with Crippen LogP contribution in [0.5, 0.6) is 0 Å². The third-order valence-electron chi connectivity index (χ3n) is 3.62. The van der Waals surface area contributed by atoms with Gasteiger partial charge in [-0.1, -0.05) is 46.3 Å². The molecule has 25 heavy (non-hydrogen) atoms. The lowest BCUT2D eigenvalue weighted by Gasteiger charge is -2.16. The molecule has 5 nitrogen and oxygen atoms in total. The Morgan fingerprint density at radius 3 is 2.40 bits per heavy atom. The van der Waals surface area contributed by atoms with E-state index in [0.717, 1.165) is 15.6 Å². The molecular weight excluding hydrogens is 404 g/mol. The molecule has 2 rings (SSSR count). The Morgan fingerprint density at radius 1 is 1.16 bits per heavy atom. The van der Waals surface area contributed by atoms with Crippen LogP contribution in [0.2, 0.25) is 0 Å². The van der Waals surface area contributed by atoms with Crippen molar-refractivity contribution in [1.82, 2.24) is 9.62 Å². The Kier molecular flexibility index (Phi) is 6.52. The molecule has 132 valence electrons. The van der Waals surface area contributed by atoms with E-state index in [2.05, 4.69) is 20.7 Å². The predicted octanol–water partition coefficient (Wildman–Crippen LogP) is 3.03. The van der Waals surface area contributed by atoms with Gasteiger partial charge in [-0.25, -0.2) is 13.1 Å². The minimum absolute atomic E-state index is 0.136. The third kappa shape index (κ3) is 5.26. The van der Waals surface area contributed by atoms with Crippen LogP contribution < -0.4 is 4.72 Å². The van der Waals surface area contributed by atoms with Crippen molar-refractivity contribution >= 4 is 37.9 Å². The molecule has 0 fully saturated rings. The molecule has 0 atom stereocenters. The average molecular weight is 423 g/mol. The van der Waals surface area contributed by atoms with Gasteiger partial charge < -0.3 is 4.90 Å². The molecule has 0 spiro atoms. The van der Waals surface area contributed by atoms with Crippen LogP contribution in [0.4, 0.5) is 0 Å². The van der Waals surface area contributed by atoms with Crippen molar-refractivity contribution in [2.24, 2.45) is 0 Å². The molecule has 1 N–H and O–H groups in total. The summed E-state index contributed by atoms with van der Waals surface area (Å²) in [6.45, 7) is 0.490. The standard InChI is InChI=1S/C18H19BrN2O3S/c1-20-25(23,24)16-10-7-14(8-11-16)9-12-18(22)21(2)13-15-5-3-4-6-17(15)19/h3-12,20H,13H2,1-2H3/b12-9+. The van der Waals surface area contributed by atoms with Crippen molar-refractivity contribution in [2.75, 3.05) is 14.1 Å². The molecule has 1 amide bonds. The summed E-state index contributed by atoms with van der Waals surface area (Å²) in [4.78, 5) is 14.0. The van der Waals surface area contributed by atoms with E-state index in [4.69, 9.17) is 0 Å². The van der Waals surface area contributed by atoms with Crippen molar-refractivity contribution in [3.63, 3.8) is 0 Å². The van der Waals surface area contributed by atoms with Crippen molar-refractivity contribution in [3.8, 4) is 0 Å². The molecule has 0 unspecified atom stereocenters. The van der Waals surface area contributed by atoms with Crippen LogP contribution in [0.15, 0.2) is 64.0 Å². The maximum Gasteiger partial charge on any atom is 0.246 e. The van der Waals surface area contributed by atoms with Gasteiger partial charge >= 0.3 is 0 Å². The minimum atomic E-state index is -3.45. The first-order valence-corrected chi connectivity index (χ1v) is 9.81. The van der Waals surface area contributed by atoms with Crippen LogP contribution in [0, 0.1) is 0 Å². The van der Waals surface area contributed by atoms with E-state index < -0.39 is 10.0 Å². The summed E-state index contributed by atoms with van der Waals surface area (Å²) in [5.74, 6) is -0.136. The molecule has 0 heterocycles. The molecule has 0 aromatic heterocycles. The summed E-state index contributed by atoms with van der Waals surface area (Å²) in [5.41, 5.74) is 1.77. The van der Waals surface area contributed by atoms with Crippen LogP contribution in [0.3, 0.4) is 0 Å². The lowest BCUT2D eigenvalue weighted by molar-refractivity contribution is -0.125. The molecule has 2 aromatic carbocycles. The molecule has 0 bridgehead atoms. The SMILES string of the molecule is CNS(=O)(=O)c1ccc(/C=C/C(=O)N(C)Cc2ccccc2Br)cc1. The predicted molar refractivity (Wildman–Crippen MR) is 102 cm³/mol. The Hall–Kier alpha value is -1.96. The molecule has 0 aliphatic heterocycles. The van der Waals surface area contributed by atoms with Gasteiger partial charge in [-0.05, 0) is 42.4 Å². The lowest BCUT2D eigenvalue weighted by Crippen LogP contribution is -2.24. The number of halogens is 1. The number of hydrogen-bond acceptors (Lipinski definition) is 3.